The fraction of sp³-hybridized carbons (Fsp3) is 1.00. The van der Waals surface area contributed by atoms with E-state index < -0.39 is 0 Å². The van der Waals surface area contributed by atoms with E-state index in [1.165, 1.54) is 13.0 Å². The third-order valence-electron chi connectivity index (χ3n) is 3.23. The molecule has 3 nitrogen and oxygen atoms in total. The Bertz CT molecular complexity index is 162. The van der Waals surface area contributed by atoms with E-state index in [-0.39, 0.29) is 5.60 Å². The third-order valence-corrected chi connectivity index (χ3v) is 3.23. The molecule has 2 fully saturated rings. The SMILES string of the molecule is COC1(C2CCN(C)C2)COC1. The van der Waals surface area contributed by atoms with E-state index in [0.29, 0.717) is 5.92 Å². The predicted molar refractivity (Wildman–Crippen MR) is 46.2 cm³/mol. The Kier molecular flexibility index (Phi) is 2.10. The molecule has 2 saturated heterocycles. The molecule has 0 aliphatic carbocycles. The van der Waals surface area contributed by atoms with Gasteiger partial charge >= 0.3 is 0 Å². The van der Waals surface area contributed by atoms with Gasteiger partial charge in [-0.2, -0.15) is 0 Å². The second-order valence-corrected chi connectivity index (χ2v) is 4.01. The van der Waals surface area contributed by atoms with Crippen LogP contribution in [0.15, 0.2) is 0 Å². The lowest BCUT2D eigenvalue weighted by atomic mass is 9.85. The summed E-state index contributed by atoms with van der Waals surface area (Å²) in [6.45, 7) is 3.96. The molecule has 2 rings (SSSR count). The van der Waals surface area contributed by atoms with Crippen molar-refractivity contribution >= 4 is 0 Å². The minimum atomic E-state index is 0.0603. The molecule has 0 saturated carbocycles. The predicted octanol–water partition coefficient (Wildman–Crippen LogP) is 0.353. The molecule has 0 aromatic heterocycles. The summed E-state index contributed by atoms with van der Waals surface area (Å²) in [7, 11) is 3.98. The molecule has 1 atom stereocenters. The van der Waals surface area contributed by atoms with Crippen LogP contribution in [0.2, 0.25) is 0 Å². The summed E-state index contributed by atoms with van der Waals surface area (Å²) in [5, 5.41) is 0. The first-order valence-electron chi connectivity index (χ1n) is 4.58. The van der Waals surface area contributed by atoms with Crippen LogP contribution in [0.25, 0.3) is 0 Å². The van der Waals surface area contributed by atoms with Gasteiger partial charge in [-0.05, 0) is 20.0 Å². The summed E-state index contributed by atoms with van der Waals surface area (Å²) in [5.74, 6) is 0.682. The molecule has 0 N–H and O–H groups in total. The van der Waals surface area contributed by atoms with Gasteiger partial charge in [0.1, 0.15) is 5.60 Å². The maximum Gasteiger partial charge on any atom is 0.118 e. The largest absolute Gasteiger partial charge is 0.375 e. The van der Waals surface area contributed by atoms with Crippen molar-refractivity contribution in [2.45, 2.75) is 12.0 Å². The van der Waals surface area contributed by atoms with Gasteiger partial charge in [0.2, 0.25) is 0 Å². The second-order valence-electron chi connectivity index (χ2n) is 4.01. The average molecular weight is 171 g/mol. The molecular formula is C9H17NO2. The van der Waals surface area contributed by atoms with Crippen molar-refractivity contribution in [2.24, 2.45) is 5.92 Å². The summed E-state index contributed by atoms with van der Waals surface area (Å²) < 4.78 is 10.8. The van der Waals surface area contributed by atoms with Gasteiger partial charge in [-0.3, -0.25) is 0 Å². The molecule has 2 aliphatic rings. The third kappa shape index (κ3) is 1.16. The van der Waals surface area contributed by atoms with Gasteiger partial charge in [0.25, 0.3) is 0 Å². The van der Waals surface area contributed by atoms with E-state index in [1.54, 1.807) is 7.11 Å². The number of rotatable bonds is 2. The van der Waals surface area contributed by atoms with Gasteiger partial charge in [0, 0.05) is 19.6 Å². The molecule has 2 aliphatic heterocycles. The van der Waals surface area contributed by atoms with Crippen LogP contribution in [0.1, 0.15) is 6.42 Å². The zero-order chi connectivity index (χ0) is 8.60. The van der Waals surface area contributed by atoms with Crippen molar-refractivity contribution in [1.29, 1.82) is 0 Å². The minimum absolute atomic E-state index is 0.0603. The first kappa shape index (κ1) is 8.48. The van der Waals surface area contributed by atoms with Gasteiger partial charge in [-0.1, -0.05) is 0 Å². The highest BCUT2D eigenvalue weighted by atomic mass is 16.6. The van der Waals surface area contributed by atoms with Gasteiger partial charge in [0.05, 0.1) is 13.2 Å². The molecule has 2 heterocycles. The summed E-state index contributed by atoms with van der Waals surface area (Å²) in [5.41, 5.74) is 0.0603. The molecule has 0 spiro atoms. The Labute approximate surface area is 73.6 Å². The number of hydrogen-bond acceptors (Lipinski definition) is 3. The zero-order valence-electron chi connectivity index (χ0n) is 7.88. The summed E-state index contributed by atoms with van der Waals surface area (Å²) >= 11 is 0. The standard InChI is InChI=1S/C9H17NO2/c1-10-4-3-8(5-10)9(11-2)6-12-7-9/h8H,3-7H2,1-2H3. The van der Waals surface area contributed by atoms with Crippen LogP contribution in [-0.4, -0.2) is 51.0 Å². The number of nitrogens with zero attached hydrogens (tertiary/aromatic N) is 1. The van der Waals surface area contributed by atoms with E-state index in [2.05, 4.69) is 11.9 Å². The highest BCUT2D eigenvalue weighted by Crippen LogP contribution is 2.35. The van der Waals surface area contributed by atoms with E-state index in [9.17, 15) is 0 Å². The molecule has 3 heteroatoms. The van der Waals surface area contributed by atoms with Crippen molar-refractivity contribution in [3.63, 3.8) is 0 Å². The minimum Gasteiger partial charge on any atom is -0.375 e. The average Bonchev–Trinajstić information content (AvgIpc) is 2.35. The van der Waals surface area contributed by atoms with Crippen molar-refractivity contribution in [1.82, 2.24) is 4.90 Å². The van der Waals surface area contributed by atoms with Crippen molar-refractivity contribution in [2.75, 3.05) is 40.5 Å². The Hall–Kier alpha value is -0.120. The highest BCUT2D eigenvalue weighted by Gasteiger charge is 2.47. The van der Waals surface area contributed by atoms with Crippen LogP contribution < -0.4 is 0 Å². The second kappa shape index (κ2) is 2.98. The van der Waals surface area contributed by atoms with Crippen LogP contribution in [0, 0.1) is 5.92 Å². The van der Waals surface area contributed by atoms with Crippen molar-refractivity contribution < 1.29 is 9.47 Å². The van der Waals surface area contributed by atoms with Gasteiger partial charge in [-0.25, -0.2) is 0 Å². The van der Waals surface area contributed by atoms with Crippen LogP contribution in [-0.2, 0) is 9.47 Å². The molecule has 1 unspecified atom stereocenters. The molecule has 0 radical (unpaired) electrons. The molecule has 12 heavy (non-hydrogen) atoms. The van der Waals surface area contributed by atoms with Crippen LogP contribution in [0.5, 0.6) is 0 Å². The van der Waals surface area contributed by atoms with E-state index in [0.717, 1.165) is 19.8 Å². The summed E-state index contributed by atoms with van der Waals surface area (Å²) in [4.78, 5) is 2.36. The smallest absolute Gasteiger partial charge is 0.118 e. The topological polar surface area (TPSA) is 21.7 Å². The lowest BCUT2D eigenvalue weighted by Crippen LogP contribution is -2.57. The van der Waals surface area contributed by atoms with E-state index in [1.807, 2.05) is 0 Å². The van der Waals surface area contributed by atoms with Crippen molar-refractivity contribution in [3.05, 3.63) is 0 Å². The number of hydrogen-bond donors (Lipinski definition) is 0. The number of likely N-dealkylation sites (tertiary alicyclic amines) is 1. The molecule has 0 amide bonds. The fourth-order valence-corrected chi connectivity index (χ4v) is 2.19. The number of methoxy groups -OCH3 is 1. The van der Waals surface area contributed by atoms with E-state index in [4.69, 9.17) is 9.47 Å². The molecule has 70 valence electrons. The quantitative estimate of drug-likeness (QED) is 0.598. The Morgan fingerprint density at radius 3 is 2.58 bits per heavy atom. The first-order valence-corrected chi connectivity index (χ1v) is 4.58. The first-order chi connectivity index (χ1) is 5.77. The van der Waals surface area contributed by atoms with Crippen LogP contribution >= 0.6 is 0 Å². The Morgan fingerprint density at radius 2 is 2.25 bits per heavy atom. The van der Waals surface area contributed by atoms with Gasteiger partial charge < -0.3 is 14.4 Å². The summed E-state index contributed by atoms with van der Waals surface area (Å²) in [6, 6.07) is 0. The maximum atomic E-state index is 5.55. The molecule has 0 aromatic rings. The molecular weight excluding hydrogens is 154 g/mol. The summed E-state index contributed by atoms with van der Waals surface area (Å²) in [6.07, 6.45) is 1.26. The maximum absolute atomic E-state index is 5.55. The fourth-order valence-electron chi connectivity index (χ4n) is 2.19. The Morgan fingerprint density at radius 1 is 1.50 bits per heavy atom. The monoisotopic (exact) mass is 171 g/mol. The normalized spacial score (nSPS) is 35.0. The lowest BCUT2D eigenvalue weighted by Gasteiger charge is -2.44. The van der Waals surface area contributed by atoms with Gasteiger partial charge in [-0.15, -0.1) is 0 Å². The van der Waals surface area contributed by atoms with Gasteiger partial charge in [0.15, 0.2) is 0 Å². The Balaban J connectivity index is 1.98. The van der Waals surface area contributed by atoms with Crippen molar-refractivity contribution in [3.8, 4) is 0 Å². The number of ether oxygens (including phenoxy) is 2. The van der Waals surface area contributed by atoms with Crippen LogP contribution in [0.4, 0.5) is 0 Å². The highest BCUT2D eigenvalue weighted by molar-refractivity contribution is 4.97. The zero-order valence-corrected chi connectivity index (χ0v) is 7.88. The van der Waals surface area contributed by atoms with E-state index >= 15 is 0 Å². The lowest BCUT2D eigenvalue weighted by molar-refractivity contribution is -0.220. The molecule has 0 bridgehead atoms. The molecule has 0 aromatic carbocycles. The van der Waals surface area contributed by atoms with Crippen LogP contribution in [0.3, 0.4) is 0 Å².